The van der Waals surface area contributed by atoms with Crippen LogP contribution in [0.4, 0.5) is 5.69 Å². The van der Waals surface area contributed by atoms with Gasteiger partial charge in [0.1, 0.15) is 6.07 Å². The molecule has 1 aromatic carbocycles. The highest BCUT2D eigenvalue weighted by atomic mass is 15.2. The van der Waals surface area contributed by atoms with E-state index in [1.165, 1.54) is 0 Å². The van der Waals surface area contributed by atoms with Crippen molar-refractivity contribution in [3.8, 4) is 6.07 Å². The SMILES string of the molecule is CCCN(c1c(C#N)cnc2ccccc12)C1CNC1. The number of nitriles is 1. The summed E-state index contributed by atoms with van der Waals surface area (Å²) in [6.45, 7) is 5.12. The van der Waals surface area contributed by atoms with Crippen LogP contribution in [0.3, 0.4) is 0 Å². The number of benzene rings is 1. The van der Waals surface area contributed by atoms with E-state index in [9.17, 15) is 5.26 Å². The first-order valence-electron chi connectivity index (χ1n) is 7.10. The first-order valence-corrected chi connectivity index (χ1v) is 7.10. The lowest BCUT2D eigenvalue weighted by Crippen LogP contribution is -2.57. The minimum atomic E-state index is 0.479. The molecule has 3 rings (SSSR count). The maximum absolute atomic E-state index is 9.44. The van der Waals surface area contributed by atoms with Gasteiger partial charge >= 0.3 is 0 Å². The van der Waals surface area contributed by atoms with Crippen LogP contribution in [-0.4, -0.2) is 30.7 Å². The van der Waals surface area contributed by atoms with Crippen molar-refractivity contribution < 1.29 is 0 Å². The number of aromatic nitrogens is 1. The number of nitrogens with zero attached hydrogens (tertiary/aromatic N) is 3. The zero-order chi connectivity index (χ0) is 13.9. The molecule has 1 fully saturated rings. The van der Waals surface area contributed by atoms with Crippen molar-refractivity contribution in [2.75, 3.05) is 24.5 Å². The molecule has 1 aliphatic rings. The lowest BCUT2D eigenvalue weighted by molar-refractivity contribution is 0.413. The Morgan fingerprint density at radius 2 is 2.20 bits per heavy atom. The smallest absolute Gasteiger partial charge is 0.103 e. The molecule has 4 heteroatoms. The number of anilines is 1. The van der Waals surface area contributed by atoms with E-state index in [1.807, 2.05) is 18.2 Å². The molecule has 1 N–H and O–H groups in total. The van der Waals surface area contributed by atoms with E-state index >= 15 is 0 Å². The Hall–Kier alpha value is -2.12. The molecule has 102 valence electrons. The van der Waals surface area contributed by atoms with Gasteiger partial charge in [-0.2, -0.15) is 5.26 Å². The van der Waals surface area contributed by atoms with E-state index in [0.29, 0.717) is 11.6 Å². The largest absolute Gasteiger partial charge is 0.364 e. The second kappa shape index (κ2) is 5.48. The molecule has 1 aromatic heterocycles. The van der Waals surface area contributed by atoms with Crippen LogP contribution in [0.2, 0.25) is 0 Å². The zero-order valence-electron chi connectivity index (χ0n) is 11.6. The highest BCUT2D eigenvalue weighted by Crippen LogP contribution is 2.31. The Morgan fingerprint density at radius 3 is 2.85 bits per heavy atom. The second-order valence-electron chi connectivity index (χ2n) is 5.15. The molecule has 0 saturated carbocycles. The van der Waals surface area contributed by atoms with Crippen LogP contribution in [0, 0.1) is 11.3 Å². The summed E-state index contributed by atoms with van der Waals surface area (Å²) in [6.07, 6.45) is 2.77. The Balaban J connectivity index is 2.18. The molecular formula is C16H18N4. The van der Waals surface area contributed by atoms with Gasteiger partial charge in [-0.05, 0) is 12.5 Å². The summed E-state index contributed by atoms with van der Waals surface area (Å²) >= 11 is 0. The van der Waals surface area contributed by atoms with Crippen LogP contribution in [0.5, 0.6) is 0 Å². The van der Waals surface area contributed by atoms with E-state index in [1.54, 1.807) is 6.20 Å². The molecule has 20 heavy (non-hydrogen) atoms. The van der Waals surface area contributed by atoms with Gasteiger partial charge in [-0.25, -0.2) is 0 Å². The van der Waals surface area contributed by atoms with Crippen LogP contribution < -0.4 is 10.2 Å². The van der Waals surface area contributed by atoms with Crippen molar-refractivity contribution in [1.82, 2.24) is 10.3 Å². The lowest BCUT2D eigenvalue weighted by atomic mass is 10.0. The topological polar surface area (TPSA) is 52.0 Å². The Labute approximate surface area is 119 Å². The van der Waals surface area contributed by atoms with Crippen molar-refractivity contribution in [1.29, 1.82) is 5.26 Å². The number of para-hydroxylation sites is 1. The first-order chi connectivity index (χ1) is 9.85. The maximum Gasteiger partial charge on any atom is 0.103 e. The summed E-state index contributed by atoms with van der Waals surface area (Å²) < 4.78 is 0. The molecule has 0 spiro atoms. The van der Waals surface area contributed by atoms with Gasteiger partial charge in [-0.15, -0.1) is 0 Å². The molecule has 2 heterocycles. The summed E-state index contributed by atoms with van der Waals surface area (Å²) in [7, 11) is 0. The minimum absolute atomic E-state index is 0.479. The van der Waals surface area contributed by atoms with E-state index in [4.69, 9.17) is 0 Å². The molecule has 0 atom stereocenters. The standard InChI is InChI=1S/C16H18N4/c1-2-7-20(13-10-18-11-13)16-12(8-17)9-19-15-6-4-3-5-14(15)16/h3-6,9,13,18H,2,7,10-11H2,1H3. The average Bonchev–Trinajstić information content (AvgIpc) is 2.43. The van der Waals surface area contributed by atoms with Gasteiger partial charge < -0.3 is 10.2 Å². The van der Waals surface area contributed by atoms with Crippen LogP contribution in [0.1, 0.15) is 18.9 Å². The highest BCUT2D eigenvalue weighted by molar-refractivity contribution is 5.94. The first kappa shape index (κ1) is 12.9. The van der Waals surface area contributed by atoms with Gasteiger partial charge in [-0.1, -0.05) is 25.1 Å². The third-order valence-electron chi connectivity index (χ3n) is 3.82. The van der Waals surface area contributed by atoms with Crippen molar-refractivity contribution in [2.45, 2.75) is 19.4 Å². The van der Waals surface area contributed by atoms with Crippen LogP contribution in [0.25, 0.3) is 10.9 Å². The summed E-state index contributed by atoms with van der Waals surface area (Å²) in [5.41, 5.74) is 2.67. The van der Waals surface area contributed by atoms with Crippen LogP contribution in [0.15, 0.2) is 30.5 Å². The summed E-state index contributed by atoms with van der Waals surface area (Å²) in [5, 5.41) is 13.8. The van der Waals surface area contributed by atoms with Crippen molar-refractivity contribution in [2.24, 2.45) is 0 Å². The fourth-order valence-corrected chi connectivity index (χ4v) is 2.73. The van der Waals surface area contributed by atoms with Gasteiger partial charge in [0.25, 0.3) is 0 Å². The molecule has 1 saturated heterocycles. The third kappa shape index (κ3) is 2.10. The summed E-state index contributed by atoms with van der Waals surface area (Å²) in [5.74, 6) is 0. The Morgan fingerprint density at radius 1 is 1.40 bits per heavy atom. The van der Waals surface area contributed by atoms with Gasteiger partial charge in [0.05, 0.1) is 22.8 Å². The second-order valence-corrected chi connectivity index (χ2v) is 5.15. The molecule has 1 aliphatic heterocycles. The number of nitrogens with one attached hydrogen (secondary N) is 1. The molecular weight excluding hydrogens is 248 g/mol. The summed E-state index contributed by atoms with van der Waals surface area (Å²) in [6, 6.07) is 10.8. The Kier molecular flexibility index (Phi) is 3.53. The quantitative estimate of drug-likeness (QED) is 0.922. The number of rotatable bonds is 4. The van der Waals surface area contributed by atoms with Crippen LogP contribution >= 0.6 is 0 Å². The lowest BCUT2D eigenvalue weighted by Gasteiger charge is -2.40. The molecule has 0 amide bonds. The van der Waals surface area contributed by atoms with Gasteiger partial charge in [0.2, 0.25) is 0 Å². The molecule has 0 bridgehead atoms. The number of pyridine rings is 1. The van der Waals surface area contributed by atoms with Gasteiger partial charge in [-0.3, -0.25) is 4.98 Å². The molecule has 4 nitrogen and oxygen atoms in total. The van der Waals surface area contributed by atoms with E-state index in [2.05, 4.69) is 34.3 Å². The molecule has 2 aromatic rings. The average molecular weight is 266 g/mol. The van der Waals surface area contributed by atoms with Gasteiger partial charge in [0, 0.05) is 31.2 Å². The van der Waals surface area contributed by atoms with Crippen molar-refractivity contribution in [3.05, 3.63) is 36.0 Å². The van der Waals surface area contributed by atoms with Gasteiger partial charge in [0.15, 0.2) is 0 Å². The van der Waals surface area contributed by atoms with E-state index in [-0.39, 0.29) is 0 Å². The molecule has 0 radical (unpaired) electrons. The third-order valence-corrected chi connectivity index (χ3v) is 3.82. The fourth-order valence-electron chi connectivity index (χ4n) is 2.73. The molecule has 0 aliphatic carbocycles. The number of hydrogen-bond donors (Lipinski definition) is 1. The summed E-state index contributed by atoms with van der Waals surface area (Å²) in [4.78, 5) is 6.77. The number of fused-ring (bicyclic) bond motifs is 1. The van der Waals surface area contributed by atoms with E-state index < -0.39 is 0 Å². The predicted molar refractivity (Wildman–Crippen MR) is 80.8 cm³/mol. The monoisotopic (exact) mass is 266 g/mol. The molecule has 0 unspecified atom stereocenters. The highest BCUT2D eigenvalue weighted by Gasteiger charge is 2.27. The zero-order valence-corrected chi connectivity index (χ0v) is 11.6. The maximum atomic E-state index is 9.44. The predicted octanol–water partition coefficient (Wildman–Crippen LogP) is 2.29. The van der Waals surface area contributed by atoms with E-state index in [0.717, 1.165) is 42.6 Å². The fraction of sp³-hybridized carbons (Fsp3) is 0.375. The minimum Gasteiger partial charge on any atom is -0.364 e. The Bertz CT molecular complexity index is 655. The normalized spacial score (nSPS) is 14.8. The van der Waals surface area contributed by atoms with Crippen LogP contribution in [-0.2, 0) is 0 Å². The van der Waals surface area contributed by atoms with Crippen molar-refractivity contribution >= 4 is 16.6 Å². The number of hydrogen-bond acceptors (Lipinski definition) is 4. The van der Waals surface area contributed by atoms with Crippen molar-refractivity contribution in [3.63, 3.8) is 0 Å².